The van der Waals surface area contributed by atoms with Crippen LogP contribution >= 0.6 is 11.3 Å². The molecule has 2 amide bonds. The van der Waals surface area contributed by atoms with Crippen molar-refractivity contribution in [1.29, 1.82) is 0 Å². The maximum Gasteiger partial charge on any atom is 0.321 e. The molecular formula is C21H19N3OS. The van der Waals surface area contributed by atoms with Crippen LogP contribution in [-0.2, 0) is 6.42 Å². The lowest BCUT2D eigenvalue weighted by atomic mass is 10.1. The first-order valence-corrected chi connectivity index (χ1v) is 9.37. The predicted molar refractivity (Wildman–Crippen MR) is 109 cm³/mol. The van der Waals surface area contributed by atoms with E-state index < -0.39 is 0 Å². The van der Waals surface area contributed by atoms with Crippen molar-refractivity contribution in [2.24, 2.45) is 0 Å². The van der Waals surface area contributed by atoms with Gasteiger partial charge >= 0.3 is 6.03 Å². The number of amides is 2. The van der Waals surface area contributed by atoms with Crippen LogP contribution in [0.1, 0.15) is 5.56 Å². The highest BCUT2D eigenvalue weighted by molar-refractivity contribution is 7.25. The molecule has 130 valence electrons. The van der Waals surface area contributed by atoms with E-state index in [0.717, 1.165) is 17.7 Å². The zero-order valence-electron chi connectivity index (χ0n) is 14.5. The second kappa shape index (κ2) is 7.14. The van der Waals surface area contributed by atoms with Gasteiger partial charge in [0.25, 0.3) is 0 Å². The number of fused-ring (bicyclic) bond motifs is 3. The number of carbonyl (C=O) groups is 1. The molecule has 0 fully saturated rings. The van der Waals surface area contributed by atoms with Crippen molar-refractivity contribution in [2.75, 3.05) is 18.5 Å². The lowest BCUT2D eigenvalue weighted by Gasteiger charge is -2.22. The van der Waals surface area contributed by atoms with Crippen molar-refractivity contribution in [1.82, 2.24) is 10.3 Å². The molecule has 2 aromatic heterocycles. The van der Waals surface area contributed by atoms with Gasteiger partial charge in [-0.2, -0.15) is 0 Å². The molecule has 0 bridgehead atoms. The third-order valence-corrected chi connectivity index (χ3v) is 5.66. The number of benzene rings is 2. The van der Waals surface area contributed by atoms with Gasteiger partial charge in [-0.15, -0.1) is 11.3 Å². The summed E-state index contributed by atoms with van der Waals surface area (Å²) in [6.45, 7) is 0.608. The summed E-state index contributed by atoms with van der Waals surface area (Å²) >= 11 is 1.78. The quantitative estimate of drug-likeness (QED) is 0.565. The van der Waals surface area contributed by atoms with Gasteiger partial charge in [-0.3, -0.25) is 9.88 Å². The summed E-state index contributed by atoms with van der Waals surface area (Å²) in [6.07, 6.45) is 4.34. The second-order valence-electron chi connectivity index (χ2n) is 6.09. The third kappa shape index (κ3) is 3.13. The number of hydrogen-bond donors (Lipinski definition) is 1. The Labute approximate surface area is 156 Å². The fraction of sp³-hybridized carbons (Fsp3) is 0.143. The number of urea groups is 1. The molecule has 4 aromatic rings. The summed E-state index contributed by atoms with van der Waals surface area (Å²) in [4.78, 5) is 18.3. The first kappa shape index (κ1) is 16.5. The monoisotopic (exact) mass is 361 g/mol. The topological polar surface area (TPSA) is 45.2 Å². The molecule has 0 saturated heterocycles. The lowest BCUT2D eigenvalue weighted by molar-refractivity contribution is 0.248. The molecule has 0 radical (unpaired) electrons. The van der Waals surface area contributed by atoms with E-state index >= 15 is 0 Å². The summed E-state index contributed by atoms with van der Waals surface area (Å²) in [5.41, 5.74) is 2.07. The van der Waals surface area contributed by atoms with Crippen LogP contribution in [0.5, 0.6) is 0 Å². The van der Waals surface area contributed by atoms with Crippen LogP contribution in [0.15, 0.2) is 67.0 Å². The van der Waals surface area contributed by atoms with Crippen LogP contribution in [0.2, 0.25) is 0 Å². The lowest BCUT2D eigenvalue weighted by Crippen LogP contribution is -2.39. The Morgan fingerprint density at radius 1 is 1.04 bits per heavy atom. The van der Waals surface area contributed by atoms with Crippen LogP contribution in [0.4, 0.5) is 10.5 Å². The number of pyridine rings is 1. The van der Waals surface area contributed by atoms with E-state index in [9.17, 15) is 4.79 Å². The zero-order valence-corrected chi connectivity index (χ0v) is 15.3. The van der Waals surface area contributed by atoms with Gasteiger partial charge < -0.3 is 5.32 Å². The highest BCUT2D eigenvalue weighted by Crippen LogP contribution is 2.35. The van der Waals surface area contributed by atoms with Gasteiger partial charge in [-0.05, 0) is 48.4 Å². The van der Waals surface area contributed by atoms with Crippen LogP contribution in [-0.4, -0.2) is 24.6 Å². The van der Waals surface area contributed by atoms with Crippen LogP contribution in [0, 0.1) is 0 Å². The molecule has 1 N–H and O–H groups in total. The molecule has 26 heavy (non-hydrogen) atoms. The zero-order chi connectivity index (χ0) is 17.9. The Morgan fingerprint density at radius 3 is 2.62 bits per heavy atom. The molecule has 0 aliphatic rings. The number of rotatable bonds is 4. The number of nitrogens with zero attached hydrogens (tertiary/aromatic N) is 2. The summed E-state index contributed by atoms with van der Waals surface area (Å²) < 4.78 is 2.50. The minimum Gasteiger partial charge on any atom is -0.341 e. The van der Waals surface area contributed by atoms with Gasteiger partial charge in [-0.25, -0.2) is 4.79 Å². The largest absolute Gasteiger partial charge is 0.341 e. The number of anilines is 1. The molecule has 5 heteroatoms. The van der Waals surface area contributed by atoms with Crippen molar-refractivity contribution in [3.05, 3.63) is 72.6 Å². The maximum absolute atomic E-state index is 12.5. The average molecular weight is 361 g/mol. The molecule has 2 aromatic carbocycles. The SMILES string of the molecule is CNC(=O)N(CCc1ccncc1)c1ccc2sc3ccccc3c2c1. The van der Waals surface area contributed by atoms with Gasteiger partial charge in [0.2, 0.25) is 0 Å². The van der Waals surface area contributed by atoms with E-state index in [-0.39, 0.29) is 6.03 Å². The van der Waals surface area contributed by atoms with E-state index in [4.69, 9.17) is 0 Å². The second-order valence-corrected chi connectivity index (χ2v) is 7.17. The fourth-order valence-corrected chi connectivity index (χ4v) is 4.24. The molecular weight excluding hydrogens is 342 g/mol. The van der Waals surface area contributed by atoms with E-state index in [1.807, 2.05) is 18.2 Å². The predicted octanol–water partition coefficient (Wildman–Crippen LogP) is 4.84. The van der Waals surface area contributed by atoms with E-state index in [1.165, 1.54) is 20.2 Å². The van der Waals surface area contributed by atoms with Gasteiger partial charge in [-0.1, -0.05) is 18.2 Å². The highest BCUT2D eigenvalue weighted by Gasteiger charge is 2.16. The first-order chi connectivity index (χ1) is 12.8. The molecule has 0 saturated carbocycles. The molecule has 0 unspecified atom stereocenters. The Kier molecular flexibility index (Phi) is 4.54. The van der Waals surface area contributed by atoms with Gasteiger partial charge in [0.1, 0.15) is 0 Å². The molecule has 0 spiro atoms. The number of nitrogens with one attached hydrogen (secondary N) is 1. The van der Waals surface area contributed by atoms with E-state index in [1.54, 1.807) is 35.7 Å². The molecule has 0 aliphatic carbocycles. The standard InChI is InChI=1S/C21H19N3OS/c1-22-21(25)24(13-10-15-8-11-23-12-9-15)16-6-7-20-18(14-16)17-4-2-3-5-19(17)26-20/h2-9,11-12,14H,10,13H2,1H3,(H,22,25). The first-order valence-electron chi connectivity index (χ1n) is 8.56. The van der Waals surface area contributed by atoms with Crippen LogP contribution < -0.4 is 10.2 Å². The molecule has 4 nitrogen and oxygen atoms in total. The number of carbonyl (C=O) groups excluding carboxylic acids is 1. The molecule has 0 aliphatic heterocycles. The number of aromatic nitrogens is 1. The Morgan fingerprint density at radius 2 is 1.81 bits per heavy atom. The van der Waals surface area contributed by atoms with E-state index in [2.05, 4.69) is 46.7 Å². The molecule has 0 atom stereocenters. The van der Waals surface area contributed by atoms with Crippen LogP contribution in [0.3, 0.4) is 0 Å². The summed E-state index contributed by atoms with van der Waals surface area (Å²) in [5.74, 6) is 0. The Bertz CT molecular complexity index is 1060. The molecule has 2 heterocycles. The normalized spacial score (nSPS) is 11.0. The van der Waals surface area contributed by atoms with Crippen molar-refractivity contribution in [2.45, 2.75) is 6.42 Å². The van der Waals surface area contributed by atoms with Crippen LogP contribution in [0.25, 0.3) is 20.2 Å². The van der Waals surface area contributed by atoms with E-state index in [0.29, 0.717) is 6.54 Å². The minimum absolute atomic E-state index is 0.0991. The fourth-order valence-electron chi connectivity index (χ4n) is 3.16. The Hall–Kier alpha value is -2.92. The van der Waals surface area contributed by atoms with Gasteiger partial charge in [0.15, 0.2) is 0 Å². The minimum atomic E-state index is -0.0991. The highest BCUT2D eigenvalue weighted by atomic mass is 32.1. The van der Waals surface area contributed by atoms with Crippen molar-refractivity contribution >= 4 is 43.2 Å². The van der Waals surface area contributed by atoms with Gasteiger partial charge in [0, 0.05) is 51.8 Å². The summed E-state index contributed by atoms with van der Waals surface area (Å²) in [6, 6.07) is 18.5. The van der Waals surface area contributed by atoms with Crippen molar-refractivity contribution < 1.29 is 4.79 Å². The maximum atomic E-state index is 12.5. The molecule has 4 rings (SSSR count). The smallest absolute Gasteiger partial charge is 0.321 e. The summed E-state index contributed by atoms with van der Waals surface area (Å²) in [7, 11) is 1.67. The number of hydrogen-bond acceptors (Lipinski definition) is 3. The van der Waals surface area contributed by atoms with Crippen molar-refractivity contribution in [3.8, 4) is 0 Å². The average Bonchev–Trinajstić information content (AvgIpc) is 3.07. The third-order valence-electron chi connectivity index (χ3n) is 4.50. The number of thiophene rings is 1. The Balaban J connectivity index is 1.70. The van der Waals surface area contributed by atoms with Crippen molar-refractivity contribution in [3.63, 3.8) is 0 Å². The van der Waals surface area contributed by atoms with Gasteiger partial charge in [0.05, 0.1) is 0 Å². The summed E-state index contributed by atoms with van der Waals surface area (Å²) in [5, 5.41) is 5.19.